The molecule has 2 N–H and O–H groups in total. The van der Waals surface area contributed by atoms with E-state index < -0.39 is 0 Å². The summed E-state index contributed by atoms with van der Waals surface area (Å²) in [6.07, 6.45) is 5.03. The standard InChI is InChI=1S/C14H29N3O/c1-11(16-10-18-12-7-8-12)14(2,3)13(9-15-4)17(5)6/h9,11-12,15-16H,7-8,10H2,1-6H3/b13-9+/t11-/m0/s1. The van der Waals surface area contributed by atoms with Crippen molar-refractivity contribution in [3.8, 4) is 0 Å². The molecule has 0 aromatic carbocycles. The van der Waals surface area contributed by atoms with Gasteiger partial charge in [-0.05, 0) is 19.8 Å². The maximum atomic E-state index is 5.66. The Morgan fingerprint density at radius 2 is 2.06 bits per heavy atom. The molecule has 4 heteroatoms. The average molecular weight is 255 g/mol. The smallest absolute Gasteiger partial charge is 0.0971 e. The number of nitrogens with zero attached hydrogens (tertiary/aromatic N) is 1. The van der Waals surface area contributed by atoms with Gasteiger partial charge in [0, 0.05) is 44.5 Å². The SMILES string of the molecule is CN/C=C(/N(C)C)C(C)(C)[C@H](C)NCOC1CC1. The Labute approximate surface area is 112 Å². The summed E-state index contributed by atoms with van der Waals surface area (Å²) in [6.45, 7) is 7.37. The molecular weight excluding hydrogens is 226 g/mol. The molecule has 18 heavy (non-hydrogen) atoms. The third-order valence-corrected chi connectivity index (χ3v) is 3.74. The number of rotatable bonds is 8. The van der Waals surface area contributed by atoms with E-state index in [1.54, 1.807) is 0 Å². The van der Waals surface area contributed by atoms with Crippen LogP contribution in [0.2, 0.25) is 0 Å². The second-order valence-electron chi connectivity index (χ2n) is 5.87. The van der Waals surface area contributed by atoms with E-state index in [1.165, 1.54) is 18.5 Å². The van der Waals surface area contributed by atoms with Gasteiger partial charge in [0.1, 0.15) is 0 Å². The molecule has 1 aliphatic carbocycles. The molecule has 1 aliphatic rings. The molecular formula is C14H29N3O. The van der Waals surface area contributed by atoms with Crippen LogP contribution in [0.4, 0.5) is 0 Å². The summed E-state index contributed by atoms with van der Waals surface area (Å²) < 4.78 is 5.66. The molecule has 0 heterocycles. The number of hydrogen-bond donors (Lipinski definition) is 2. The van der Waals surface area contributed by atoms with Crippen molar-refractivity contribution in [3.63, 3.8) is 0 Å². The van der Waals surface area contributed by atoms with Crippen molar-refractivity contribution in [2.75, 3.05) is 27.9 Å². The second kappa shape index (κ2) is 6.43. The predicted molar refractivity (Wildman–Crippen MR) is 76.2 cm³/mol. The first kappa shape index (κ1) is 15.3. The van der Waals surface area contributed by atoms with E-state index in [1.807, 2.05) is 7.05 Å². The zero-order valence-electron chi connectivity index (χ0n) is 12.7. The van der Waals surface area contributed by atoms with Crippen LogP contribution in [0, 0.1) is 5.41 Å². The largest absolute Gasteiger partial charge is 0.393 e. The molecule has 106 valence electrons. The summed E-state index contributed by atoms with van der Waals surface area (Å²) in [6, 6.07) is 0.346. The van der Waals surface area contributed by atoms with Gasteiger partial charge >= 0.3 is 0 Å². The van der Waals surface area contributed by atoms with Crippen molar-refractivity contribution in [1.82, 2.24) is 15.5 Å². The van der Waals surface area contributed by atoms with Crippen molar-refractivity contribution >= 4 is 0 Å². The lowest BCUT2D eigenvalue weighted by molar-refractivity contribution is 0.0815. The minimum absolute atomic E-state index is 0.0411. The molecule has 0 aliphatic heterocycles. The maximum absolute atomic E-state index is 5.66. The van der Waals surface area contributed by atoms with Crippen molar-refractivity contribution < 1.29 is 4.74 Å². The van der Waals surface area contributed by atoms with E-state index in [2.05, 4.69) is 56.6 Å². The number of hydrogen-bond acceptors (Lipinski definition) is 4. The first-order valence-electron chi connectivity index (χ1n) is 6.79. The van der Waals surface area contributed by atoms with Crippen LogP contribution in [0.15, 0.2) is 11.9 Å². The van der Waals surface area contributed by atoms with Crippen molar-refractivity contribution in [1.29, 1.82) is 0 Å². The lowest BCUT2D eigenvalue weighted by atomic mass is 9.81. The Balaban J connectivity index is 2.54. The van der Waals surface area contributed by atoms with E-state index in [4.69, 9.17) is 4.74 Å². The molecule has 0 saturated heterocycles. The Morgan fingerprint density at radius 1 is 1.44 bits per heavy atom. The van der Waals surface area contributed by atoms with Gasteiger partial charge in [-0.2, -0.15) is 0 Å². The highest BCUT2D eigenvalue weighted by Gasteiger charge is 2.31. The van der Waals surface area contributed by atoms with Gasteiger partial charge in [-0.1, -0.05) is 13.8 Å². The molecule has 0 radical (unpaired) electrons. The van der Waals surface area contributed by atoms with Gasteiger partial charge in [-0.25, -0.2) is 0 Å². The normalized spacial score (nSPS) is 18.7. The van der Waals surface area contributed by atoms with Crippen LogP contribution >= 0.6 is 0 Å². The molecule has 1 saturated carbocycles. The van der Waals surface area contributed by atoms with Crippen LogP contribution in [0.1, 0.15) is 33.6 Å². The monoisotopic (exact) mass is 255 g/mol. The Morgan fingerprint density at radius 3 is 2.50 bits per heavy atom. The summed E-state index contributed by atoms with van der Waals surface area (Å²) in [5, 5.41) is 6.60. The van der Waals surface area contributed by atoms with Gasteiger partial charge in [0.25, 0.3) is 0 Å². The maximum Gasteiger partial charge on any atom is 0.0971 e. The first-order valence-corrected chi connectivity index (χ1v) is 6.79. The fourth-order valence-corrected chi connectivity index (χ4v) is 2.03. The Bertz CT molecular complexity index is 283. The highest BCUT2D eigenvalue weighted by Crippen LogP contribution is 2.31. The van der Waals surface area contributed by atoms with Crippen LogP contribution in [-0.4, -0.2) is 44.9 Å². The number of ether oxygens (including phenoxy) is 1. The molecule has 1 atom stereocenters. The molecule has 0 aromatic heterocycles. The van der Waals surface area contributed by atoms with Gasteiger partial charge in [0.15, 0.2) is 0 Å². The van der Waals surface area contributed by atoms with Gasteiger partial charge in [-0.3, -0.25) is 5.32 Å². The van der Waals surface area contributed by atoms with Gasteiger partial charge in [0.05, 0.1) is 12.8 Å². The van der Waals surface area contributed by atoms with E-state index in [0.717, 1.165) is 0 Å². The van der Waals surface area contributed by atoms with Crippen molar-refractivity contribution in [3.05, 3.63) is 11.9 Å². The van der Waals surface area contributed by atoms with E-state index in [-0.39, 0.29) is 5.41 Å². The van der Waals surface area contributed by atoms with Crippen LogP contribution in [0.3, 0.4) is 0 Å². The summed E-state index contributed by atoms with van der Waals surface area (Å²) in [5.41, 5.74) is 1.32. The van der Waals surface area contributed by atoms with Crippen molar-refractivity contribution in [2.24, 2.45) is 5.41 Å². The van der Waals surface area contributed by atoms with Gasteiger partial charge in [0.2, 0.25) is 0 Å². The minimum atomic E-state index is 0.0411. The minimum Gasteiger partial charge on any atom is -0.393 e. The average Bonchev–Trinajstić information content (AvgIpc) is 3.08. The molecule has 1 rings (SSSR count). The van der Waals surface area contributed by atoms with E-state index >= 15 is 0 Å². The zero-order chi connectivity index (χ0) is 13.8. The summed E-state index contributed by atoms with van der Waals surface area (Å²) in [7, 11) is 6.10. The Hall–Kier alpha value is -0.740. The zero-order valence-corrected chi connectivity index (χ0v) is 12.7. The summed E-state index contributed by atoms with van der Waals surface area (Å²) in [4.78, 5) is 2.16. The first-order chi connectivity index (χ1) is 8.39. The summed E-state index contributed by atoms with van der Waals surface area (Å²) >= 11 is 0. The molecule has 1 fully saturated rings. The van der Waals surface area contributed by atoms with Crippen LogP contribution in [0.25, 0.3) is 0 Å². The molecule has 0 spiro atoms. The summed E-state index contributed by atoms with van der Waals surface area (Å²) in [5.74, 6) is 0. The quantitative estimate of drug-likeness (QED) is 0.648. The molecule has 0 bridgehead atoms. The lowest BCUT2D eigenvalue weighted by Gasteiger charge is -2.38. The fraction of sp³-hybridized carbons (Fsp3) is 0.857. The van der Waals surface area contributed by atoms with Gasteiger partial charge < -0.3 is 15.0 Å². The lowest BCUT2D eigenvalue weighted by Crippen LogP contribution is -2.45. The molecule has 0 aromatic rings. The highest BCUT2D eigenvalue weighted by molar-refractivity contribution is 5.12. The van der Waals surface area contributed by atoms with E-state index in [0.29, 0.717) is 18.9 Å². The third-order valence-electron chi connectivity index (χ3n) is 3.74. The Kier molecular flexibility index (Phi) is 5.47. The predicted octanol–water partition coefficient (Wildman–Crippen LogP) is 1.75. The second-order valence-corrected chi connectivity index (χ2v) is 5.87. The van der Waals surface area contributed by atoms with Gasteiger partial charge in [-0.15, -0.1) is 0 Å². The van der Waals surface area contributed by atoms with Crippen LogP contribution in [-0.2, 0) is 4.74 Å². The molecule has 4 nitrogen and oxygen atoms in total. The molecule has 0 amide bonds. The fourth-order valence-electron chi connectivity index (χ4n) is 2.03. The van der Waals surface area contributed by atoms with E-state index in [9.17, 15) is 0 Å². The third kappa shape index (κ3) is 4.18. The van der Waals surface area contributed by atoms with Crippen LogP contribution < -0.4 is 10.6 Å². The highest BCUT2D eigenvalue weighted by atomic mass is 16.5. The van der Waals surface area contributed by atoms with Crippen LogP contribution in [0.5, 0.6) is 0 Å². The molecule has 0 unspecified atom stereocenters. The van der Waals surface area contributed by atoms with Crippen molar-refractivity contribution in [2.45, 2.75) is 45.8 Å². The topological polar surface area (TPSA) is 36.5 Å². The number of nitrogens with one attached hydrogen (secondary N) is 2.